The van der Waals surface area contributed by atoms with Gasteiger partial charge in [-0.2, -0.15) is 0 Å². The van der Waals surface area contributed by atoms with Gasteiger partial charge in [-0.05, 0) is 30.4 Å². The zero-order valence-corrected chi connectivity index (χ0v) is 13.5. The van der Waals surface area contributed by atoms with Crippen LogP contribution in [-0.4, -0.2) is 10.1 Å². The summed E-state index contributed by atoms with van der Waals surface area (Å²) < 4.78 is 0. The normalized spacial score (nSPS) is 11.1. The molecule has 0 aliphatic heterocycles. The van der Waals surface area contributed by atoms with Crippen LogP contribution in [-0.2, 0) is 12.2 Å². The van der Waals surface area contributed by atoms with E-state index in [4.69, 9.17) is 0 Å². The van der Waals surface area contributed by atoms with Crippen molar-refractivity contribution in [1.29, 1.82) is 0 Å². The molecule has 0 aliphatic carbocycles. The monoisotopic (exact) mass is 315 g/mol. The third-order valence-corrected chi connectivity index (χ3v) is 5.36. The number of thioether (sulfide) groups is 1. The Morgan fingerprint density at radius 2 is 1.95 bits per heavy atom. The van der Waals surface area contributed by atoms with Crippen LogP contribution in [0, 0.1) is 0 Å². The van der Waals surface area contributed by atoms with Crippen LogP contribution in [0.4, 0.5) is 0 Å². The van der Waals surface area contributed by atoms with Crippen LogP contribution in [0.25, 0.3) is 10.8 Å². The number of phenolic OH excluding ortho intramolecular Hbond substituents is 1. The number of nitrogens with zero attached hydrogens (tertiary/aromatic N) is 1. The number of phenols is 1. The molecule has 0 saturated carbocycles. The van der Waals surface area contributed by atoms with Gasteiger partial charge in [-0.1, -0.05) is 31.2 Å². The van der Waals surface area contributed by atoms with Crippen molar-refractivity contribution in [2.45, 2.75) is 30.4 Å². The number of aromatic hydroxyl groups is 1. The third kappa shape index (κ3) is 3.22. The molecule has 0 spiro atoms. The molecule has 108 valence electrons. The first kappa shape index (κ1) is 14.4. The summed E-state index contributed by atoms with van der Waals surface area (Å²) in [6.45, 7) is 2.18. The number of benzene rings is 2. The number of hydrogen-bond acceptors (Lipinski definition) is 4. The van der Waals surface area contributed by atoms with E-state index in [0.717, 1.165) is 35.1 Å². The van der Waals surface area contributed by atoms with Crippen LogP contribution in [0.15, 0.2) is 46.7 Å². The highest BCUT2D eigenvalue weighted by Gasteiger charge is 2.07. The van der Waals surface area contributed by atoms with Gasteiger partial charge >= 0.3 is 0 Å². The lowest BCUT2D eigenvalue weighted by atomic mass is 10.1. The van der Waals surface area contributed by atoms with Crippen LogP contribution >= 0.6 is 23.1 Å². The highest BCUT2D eigenvalue weighted by molar-refractivity contribution is 7.98. The minimum absolute atomic E-state index is 0.342. The summed E-state index contributed by atoms with van der Waals surface area (Å²) in [4.78, 5) is 5.85. The summed E-state index contributed by atoms with van der Waals surface area (Å²) in [6, 6.07) is 11.7. The molecule has 0 saturated heterocycles. The molecular formula is C17H17NOS2. The van der Waals surface area contributed by atoms with Crippen molar-refractivity contribution in [2.24, 2.45) is 0 Å². The summed E-state index contributed by atoms with van der Waals surface area (Å²) in [6.07, 6.45) is 2.21. The van der Waals surface area contributed by atoms with E-state index >= 15 is 0 Å². The fourth-order valence-corrected chi connectivity index (χ4v) is 4.23. The molecule has 0 atom stereocenters. The Hall–Kier alpha value is -1.52. The standard InChI is InChI=1S/C17H17NOS2/c1-2-5-17-18-12(11-21-17)10-20-16-9-8-15(19)13-6-3-4-7-14(13)16/h3-4,6-9,11,19H,2,5,10H2,1H3. The molecule has 0 radical (unpaired) electrons. The first-order chi connectivity index (χ1) is 10.3. The van der Waals surface area contributed by atoms with E-state index in [1.807, 2.05) is 24.3 Å². The SMILES string of the molecule is CCCc1nc(CSc2ccc(O)c3ccccc23)cs1. The van der Waals surface area contributed by atoms with E-state index in [-0.39, 0.29) is 0 Å². The fourth-order valence-electron chi connectivity index (χ4n) is 2.28. The van der Waals surface area contributed by atoms with Gasteiger partial charge in [0.2, 0.25) is 0 Å². The number of thiazole rings is 1. The smallest absolute Gasteiger partial charge is 0.123 e. The highest BCUT2D eigenvalue weighted by Crippen LogP contribution is 2.34. The quantitative estimate of drug-likeness (QED) is 0.653. The maximum absolute atomic E-state index is 9.92. The minimum Gasteiger partial charge on any atom is -0.507 e. The fraction of sp³-hybridized carbons (Fsp3) is 0.235. The average molecular weight is 315 g/mol. The van der Waals surface area contributed by atoms with Gasteiger partial charge in [-0.15, -0.1) is 23.1 Å². The summed E-state index contributed by atoms with van der Waals surface area (Å²) in [7, 11) is 0. The number of fused-ring (bicyclic) bond motifs is 1. The van der Waals surface area contributed by atoms with Crippen LogP contribution in [0.1, 0.15) is 24.0 Å². The van der Waals surface area contributed by atoms with Crippen molar-refractivity contribution >= 4 is 33.9 Å². The predicted octanol–water partition coefficient (Wildman–Crippen LogP) is 5.25. The molecule has 21 heavy (non-hydrogen) atoms. The molecule has 1 aromatic heterocycles. The van der Waals surface area contributed by atoms with Gasteiger partial charge in [0.25, 0.3) is 0 Å². The molecule has 0 fully saturated rings. The molecule has 1 heterocycles. The predicted molar refractivity (Wildman–Crippen MR) is 91.3 cm³/mol. The van der Waals surface area contributed by atoms with Crippen molar-refractivity contribution in [3.8, 4) is 5.75 Å². The van der Waals surface area contributed by atoms with Crippen LogP contribution in [0.2, 0.25) is 0 Å². The van der Waals surface area contributed by atoms with Crippen molar-refractivity contribution < 1.29 is 5.11 Å². The maximum atomic E-state index is 9.92. The molecule has 3 aromatic rings. The second-order valence-electron chi connectivity index (χ2n) is 4.90. The second kappa shape index (κ2) is 6.50. The molecule has 0 bridgehead atoms. The van der Waals surface area contributed by atoms with E-state index in [1.54, 1.807) is 29.2 Å². The summed E-state index contributed by atoms with van der Waals surface area (Å²) >= 11 is 3.53. The van der Waals surface area contributed by atoms with Gasteiger partial charge in [-0.25, -0.2) is 4.98 Å². The van der Waals surface area contributed by atoms with Gasteiger partial charge in [0, 0.05) is 21.4 Å². The largest absolute Gasteiger partial charge is 0.507 e. The Morgan fingerprint density at radius 3 is 2.76 bits per heavy atom. The molecule has 2 nitrogen and oxygen atoms in total. The molecule has 3 rings (SSSR count). The first-order valence-electron chi connectivity index (χ1n) is 7.04. The molecule has 0 amide bonds. The van der Waals surface area contributed by atoms with Crippen molar-refractivity contribution in [2.75, 3.05) is 0 Å². The topological polar surface area (TPSA) is 33.1 Å². The third-order valence-electron chi connectivity index (χ3n) is 3.30. The highest BCUT2D eigenvalue weighted by atomic mass is 32.2. The molecule has 2 aromatic carbocycles. The lowest BCUT2D eigenvalue weighted by Crippen LogP contribution is -1.85. The van der Waals surface area contributed by atoms with Gasteiger partial charge in [0.05, 0.1) is 10.7 Å². The summed E-state index contributed by atoms with van der Waals surface area (Å²) in [5.41, 5.74) is 1.14. The zero-order chi connectivity index (χ0) is 14.7. The van der Waals surface area contributed by atoms with Crippen molar-refractivity contribution in [3.05, 3.63) is 52.5 Å². The van der Waals surface area contributed by atoms with Crippen molar-refractivity contribution in [3.63, 3.8) is 0 Å². The summed E-state index contributed by atoms with van der Waals surface area (Å²) in [5.74, 6) is 1.21. The van der Waals surface area contributed by atoms with Crippen LogP contribution < -0.4 is 0 Å². The minimum atomic E-state index is 0.342. The van der Waals surface area contributed by atoms with Crippen LogP contribution in [0.3, 0.4) is 0 Å². The van der Waals surface area contributed by atoms with Gasteiger partial charge in [0.1, 0.15) is 5.75 Å². The Bertz CT molecular complexity index is 751. The first-order valence-corrected chi connectivity index (χ1v) is 8.91. The number of aromatic nitrogens is 1. The van der Waals surface area contributed by atoms with E-state index in [2.05, 4.69) is 23.4 Å². The molecular weight excluding hydrogens is 298 g/mol. The lowest BCUT2D eigenvalue weighted by molar-refractivity contribution is 0.481. The lowest BCUT2D eigenvalue weighted by Gasteiger charge is -2.07. The molecule has 1 N–H and O–H groups in total. The van der Waals surface area contributed by atoms with E-state index in [1.165, 1.54) is 9.90 Å². The number of rotatable bonds is 5. The van der Waals surface area contributed by atoms with E-state index in [9.17, 15) is 5.11 Å². The Kier molecular flexibility index (Phi) is 4.46. The maximum Gasteiger partial charge on any atom is 0.123 e. The van der Waals surface area contributed by atoms with Gasteiger partial charge in [-0.3, -0.25) is 0 Å². The molecule has 0 unspecified atom stereocenters. The average Bonchev–Trinajstić information content (AvgIpc) is 2.95. The zero-order valence-electron chi connectivity index (χ0n) is 11.9. The van der Waals surface area contributed by atoms with Crippen LogP contribution in [0.5, 0.6) is 5.75 Å². The van der Waals surface area contributed by atoms with Gasteiger partial charge in [0.15, 0.2) is 0 Å². The summed E-state index contributed by atoms with van der Waals surface area (Å²) in [5, 5.41) is 15.3. The Morgan fingerprint density at radius 1 is 1.14 bits per heavy atom. The molecule has 4 heteroatoms. The van der Waals surface area contributed by atoms with E-state index < -0.39 is 0 Å². The van der Waals surface area contributed by atoms with Gasteiger partial charge < -0.3 is 5.11 Å². The van der Waals surface area contributed by atoms with Crippen molar-refractivity contribution in [1.82, 2.24) is 4.98 Å². The Labute approximate surface area is 132 Å². The number of hydrogen-bond donors (Lipinski definition) is 1. The second-order valence-corrected chi connectivity index (χ2v) is 6.86. The Balaban J connectivity index is 1.80. The number of aryl methyl sites for hydroxylation is 1. The van der Waals surface area contributed by atoms with E-state index in [0.29, 0.717) is 5.75 Å². The molecule has 0 aliphatic rings.